The van der Waals surface area contributed by atoms with Crippen LogP contribution in [0, 0.1) is 0 Å². The molecule has 1 rings (SSSR count). The first-order valence-corrected chi connectivity index (χ1v) is 6.47. The standard InChI is InChI=1S/C12H22ClN3O2/c1-9(2)18-8-11(14-3)12-10(13)7-15-16(12)5-6-17-4/h7,9,11,14H,5-6,8H2,1-4H3. The molecule has 5 nitrogen and oxygen atoms in total. The van der Waals surface area contributed by atoms with Gasteiger partial charge >= 0.3 is 0 Å². The van der Waals surface area contributed by atoms with Crippen LogP contribution in [0.25, 0.3) is 0 Å². The van der Waals surface area contributed by atoms with E-state index in [1.165, 1.54) is 0 Å². The van der Waals surface area contributed by atoms with E-state index >= 15 is 0 Å². The summed E-state index contributed by atoms with van der Waals surface area (Å²) in [4.78, 5) is 0. The van der Waals surface area contributed by atoms with Crippen LogP contribution in [0.4, 0.5) is 0 Å². The Morgan fingerprint density at radius 1 is 1.50 bits per heavy atom. The maximum absolute atomic E-state index is 6.19. The Hall–Kier alpha value is -0.620. The van der Waals surface area contributed by atoms with Gasteiger partial charge in [-0.15, -0.1) is 0 Å². The molecule has 1 N–H and O–H groups in total. The summed E-state index contributed by atoms with van der Waals surface area (Å²) in [7, 11) is 3.56. The van der Waals surface area contributed by atoms with E-state index in [4.69, 9.17) is 21.1 Å². The zero-order valence-corrected chi connectivity index (χ0v) is 12.2. The lowest BCUT2D eigenvalue weighted by atomic mass is 10.2. The Balaban J connectivity index is 2.79. The first kappa shape index (κ1) is 15.4. The summed E-state index contributed by atoms with van der Waals surface area (Å²) in [5, 5.41) is 8.12. The van der Waals surface area contributed by atoms with Crippen molar-refractivity contribution in [3.8, 4) is 0 Å². The van der Waals surface area contributed by atoms with Crippen molar-refractivity contribution in [1.29, 1.82) is 0 Å². The van der Waals surface area contributed by atoms with Crippen LogP contribution in [0.1, 0.15) is 25.6 Å². The first-order chi connectivity index (χ1) is 8.60. The smallest absolute Gasteiger partial charge is 0.0835 e. The number of nitrogens with zero attached hydrogens (tertiary/aromatic N) is 2. The highest BCUT2D eigenvalue weighted by Gasteiger charge is 2.19. The largest absolute Gasteiger partial charge is 0.383 e. The van der Waals surface area contributed by atoms with Crippen molar-refractivity contribution in [2.45, 2.75) is 32.5 Å². The average Bonchev–Trinajstić information content (AvgIpc) is 2.69. The molecule has 0 aliphatic heterocycles. The SMILES string of the molecule is CNC(COC(C)C)c1c(Cl)cnn1CCOC. The van der Waals surface area contributed by atoms with E-state index < -0.39 is 0 Å². The first-order valence-electron chi connectivity index (χ1n) is 6.09. The van der Waals surface area contributed by atoms with Gasteiger partial charge in [-0.25, -0.2) is 0 Å². The highest BCUT2D eigenvalue weighted by Crippen LogP contribution is 2.23. The molecular weight excluding hydrogens is 254 g/mol. The second-order valence-electron chi connectivity index (χ2n) is 4.32. The molecular formula is C12H22ClN3O2. The Labute approximate surface area is 113 Å². The minimum atomic E-state index is 0.0271. The number of hydrogen-bond acceptors (Lipinski definition) is 4. The zero-order chi connectivity index (χ0) is 13.5. The van der Waals surface area contributed by atoms with Crippen LogP contribution in [0.15, 0.2) is 6.20 Å². The summed E-state index contributed by atoms with van der Waals surface area (Å²) in [5.74, 6) is 0. The molecule has 0 fully saturated rings. The topological polar surface area (TPSA) is 48.3 Å². The van der Waals surface area contributed by atoms with Crippen LogP contribution in [0.3, 0.4) is 0 Å². The van der Waals surface area contributed by atoms with Gasteiger partial charge in [0.15, 0.2) is 0 Å². The fourth-order valence-corrected chi connectivity index (χ4v) is 1.93. The Morgan fingerprint density at radius 2 is 2.22 bits per heavy atom. The fourth-order valence-electron chi connectivity index (χ4n) is 1.66. The lowest BCUT2D eigenvalue weighted by molar-refractivity contribution is 0.0605. The minimum absolute atomic E-state index is 0.0271. The molecule has 1 unspecified atom stereocenters. The van der Waals surface area contributed by atoms with Gasteiger partial charge in [0.05, 0.1) is 48.8 Å². The van der Waals surface area contributed by atoms with Crippen molar-refractivity contribution in [3.05, 3.63) is 16.9 Å². The Kier molecular flexibility index (Phi) is 6.63. The third kappa shape index (κ3) is 4.24. The Morgan fingerprint density at radius 3 is 2.78 bits per heavy atom. The normalized spacial score (nSPS) is 13.2. The predicted octanol–water partition coefficient (Wildman–Crippen LogP) is 1.87. The quantitative estimate of drug-likeness (QED) is 0.787. The van der Waals surface area contributed by atoms with E-state index in [0.717, 1.165) is 5.69 Å². The lowest BCUT2D eigenvalue weighted by Crippen LogP contribution is -2.27. The van der Waals surface area contributed by atoms with Crippen LogP contribution in [0.5, 0.6) is 0 Å². The van der Waals surface area contributed by atoms with Gasteiger partial charge in [-0.2, -0.15) is 5.10 Å². The average molecular weight is 276 g/mol. The molecule has 1 aromatic rings. The van der Waals surface area contributed by atoms with Gasteiger partial charge in [-0.1, -0.05) is 11.6 Å². The third-order valence-corrected chi connectivity index (χ3v) is 2.91. The summed E-state index contributed by atoms with van der Waals surface area (Å²) >= 11 is 6.19. The van der Waals surface area contributed by atoms with Crippen LogP contribution in [0.2, 0.25) is 5.02 Å². The molecule has 104 valence electrons. The predicted molar refractivity (Wildman–Crippen MR) is 72.0 cm³/mol. The summed E-state index contributed by atoms with van der Waals surface area (Å²) in [5.41, 5.74) is 0.942. The summed E-state index contributed by atoms with van der Waals surface area (Å²) in [6, 6.07) is 0.0271. The molecule has 0 saturated heterocycles. The van der Waals surface area contributed by atoms with E-state index in [0.29, 0.717) is 24.8 Å². The van der Waals surface area contributed by atoms with E-state index in [9.17, 15) is 0 Å². The number of aromatic nitrogens is 2. The van der Waals surface area contributed by atoms with Crippen molar-refractivity contribution in [1.82, 2.24) is 15.1 Å². The number of likely N-dealkylation sites (N-methyl/N-ethyl adjacent to an activating group) is 1. The minimum Gasteiger partial charge on any atom is -0.383 e. The van der Waals surface area contributed by atoms with Gasteiger partial charge in [-0.05, 0) is 20.9 Å². The molecule has 1 aromatic heterocycles. The van der Waals surface area contributed by atoms with Gasteiger partial charge in [0.1, 0.15) is 0 Å². The van der Waals surface area contributed by atoms with Crippen molar-refractivity contribution in [2.24, 2.45) is 0 Å². The summed E-state index contributed by atoms with van der Waals surface area (Å²) in [6.07, 6.45) is 1.85. The van der Waals surface area contributed by atoms with E-state index in [2.05, 4.69) is 10.4 Å². The van der Waals surface area contributed by atoms with Crippen molar-refractivity contribution in [3.63, 3.8) is 0 Å². The van der Waals surface area contributed by atoms with Crippen LogP contribution in [-0.2, 0) is 16.0 Å². The number of halogens is 1. The van der Waals surface area contributed by atoms with Gasteiger partial charge in [0.2, 0.25) is 0 Å². The fraction of sp³-hybridized carbons (Fsp3) is 0.750. The molecule has 0 radical (unpaired) electrons. The van der Waals surface area contributed by atoms with Crippen LogP contribution >= 0.6 is 11.6 Å². The molecule has 0 aliphatic carbocycles. The van der Waals surface area contributed by atoms with Gasteiger partial charge in [-0.3, -0.25) is 4.68 Å². The number of ether oxygens (including phenoxy) is 2. The van der Waals surface area contributed by atoms with E-state index in [1.807, 2.05) is 25.6 Å². The lowest BCUT2D eigenvalue weighted by Gasteiger charge is -2.20. The number of hydrogen-bond donors (Lipinski definition) is 1. The molecule has 1 heterocycles. The highest BCUT2D eigenvalue weighted by molar-refractivity contribution is 6.31. The van der Waals surface area contributed by atoms with Gasteiger partial charge in [0, 0.05) is 7.11 Å². The van der Waals surface area contributed by atoms with Crippen LogP contribution < -0.4 is 5.32 Å². The molecule has 6 heteroatoms. The van der Waals surface area contributed by atoms with Gasteiger partial charge < -0.3 is 14.8 Å². The summed E-state index contributed by atoms with van der Waals surface area (Å²) in [6.45, 7) is 5.87. The van der Waals surface area contributed by atoms with Gasteiger partial charge in [0.25, 0.3) is 0 Å². The third-order valence-electron chi connectivity index (χ3n) is 2.62. The van der Waals surface area contributed by atoms with Crippen molar-refractivity contribution >= 4 is 11.6 Å². The Bertz CT molecular complexity index is 355. The number of rotatable bonds is 8. The maximum Gasteiger partial charge on any atom is 0.0835 e. The molecule has 1 atom stereocenters. The van der Waals surface area contributed by atoms with Crippen molar-refractivity contribution in [2.75, 3.05) is 27.4 Å². The second-order valence-corrected chi connectivity index (χ2v) is 4.72. The number of methoxy groups -OCH3 is 1. The molecule has 18 heavy (non-hydrogen) atoms. The monoisotopic (exact) mass is 275 g/mol. The molecule has 0 spiro atoms. The molecule has 0 saturated carbocycles. The summed E-state index contributed by atoms with van der Waals surface area (Å²) < 4.78 is 12.6. The second kappa shape index (κ2) is 7.74. The van der Waals surface area contributed by atoms with Crippen molar-refractivity contribution < 1.29 is 9.47 Å². The zero-order valence-electron chi connectivity index (χ0n) is 11.4. The van der Waals surface area contributed by atoms with E-state index in [-0.39, 0.29) is 12.1 Å². The molecule has 0 aromatic carbocycles. The number of nitrogens with one attached hydrogen (secondary N) is 1. The molecule has 0 amide bonds. The van der Waals surface area contributed by atoms with E-state index in [1.54, 1.807) is 13.3 Å². The highest BCUT2D eigenvalue weighted by atomic mass is 35.5. The maximum atomic E-state index is 6.19. The molecule has 0 aliphatic rings. The van der Waals surface area contributed by atoms with Crippen LogP contribution in [-0.4, -0.2) is 43.3 Å². The molecule has 0 bridgehead atoms.